The number of pyridine rings is 1. The number of aliphatic hydroxyl groups excluding tert-OH is 1. The Morgan fingerprint density at radius 3 is 2.78 bits per heavy atom. The predicted molar refractivity (Wildman–Crippen MR) is 73.6 cm³/mol. The molecule has 0 fully saturated rings. The molecular weight excluding hydrogens is 318 g/mol. The van der Waals surface area contributed by atoms with Crippen molar-refractivity contribution in [2.45, 2.75) is 13.2 Å². The Bertz CT molecular complexity index is 548. The van der Waals surface area contributed by atoms with E-state index in [4.69, 9.17) is 16.3 Å². The van der Waals surface area contributed by atoms with E-state index >= 15 is 0 Å². The van der Waals surface area contributed by atoms with E-state index in [9.17, 15) is 5.11 Å². The van der Waals surface area contributed by atoms with Crippen LogP contribution in [0.1, 0.15) is 11.1 Å². The Labute approximate surface area is 119 Å². The largest absolute Gasteiger partial charge is 0.472 e. The minimum Gasteiger partial charge on any atom is -0.472 e. The van der Waals surface area contributed by atoms with E-state index in [0.29, 0.717) is 23.1 Å². The lowest BCUT2D eigenvalue weighted by Gasteiger charge is -2.10. The molecule has 0 aliphatic heterocycles. The third-order valence-electron chi connectivity index (χ3n) is 2.38. The molecule has 2 rings (SSSR count). The molecule has 5 heteroatoms. The topological polar surface area (TPSA) is 42.4 Å². The van der Waals surface area contributed by atoms with Crippen LogP contribution in [0, 0.1) is 0 Å². The summed E-state index contributed by atoms with van der Waals surface area (Å²) in [6, 6.07) is 9.23. The zero-order chi connectivity index (χ0) is 13.0. The first-order valence-electron chi connectivity index (χ1n) is 5.32. The molecular formula is C13H11BrClNO2. The molecule has 1 N–H and O–H groups in total. The van der Waals surface area contributed by atoms with Gasteiger partial charge in [-0.2, -0.15) is 0 Å². The van der Waals surface area contributed by atoms with Crippen LogP contribution in [0.5, 0.6) is 5.88 Å². The summed E-state index contributed by atoms with van der Waals surface area (Å²) in [4.78, 5) is 4.12. The number of aromatic nitrogens is 1. The molecule has 94 valence electrons. The van der Waals surface area contributed by atoms with Crippen LogP contribution in [0.3, 0.4) is 0 Å². The highest BCUT2D eigenvalue weighted by atomic mass is 79.9. The second-order valence-corrected chi connectivity index (χ2v) is 4.98. The number of aliphatic hydroxyl groups is 1. The highest BCUT2D eigenvalue weighted by molar-refractivity contribution is 9.10. The van der Waals surface area contributed by atoms with E-state index in [2.05, 4.69) is 20.9 Å². The van der Waals surface area contributed by atoms with Crippen molar-refractivity contribution >= 4 is 27.5 Å². The van der Waals surface area contributed by atoms with Gasteiger partial charge in [-0.05, 0) is 28.1 Å². The maximum Gasteiger partial charge on any atom is 0.219 e. The molecule has 1 aromatic carbocycles. The lowest BCUT2D eigenvalue weighted by molar-refractivity contribution is 0.252. The fourth-order valence-electron chi connectivity index (χ4n) is 1.47. The van der Waals surface area contributed by atoms with Crippen molar-refractivity contribution in [1.29, 1.82) is 0 Å². The van der Waals surface area contributed by atoms with Gasteiger partial charge in [0.25, 0.3) is 0 Å². The van der Waals surface area contributed by atoms with Crippen molar-refractivity contribution in [3.05, 3.63) is 57.2 Å². The van der Waals surface area contributed by atoms with Crippen molar-refractivity contribution in [2.75, 3.05) is 0 Å². The number of hydrogen-bond acceptors (Lipinski definition) is 3. The van der Waals surface area contributed by atoms with E-state index in [1.54, 1.807) is 12.3 Å². The van der Waals surface area contributed by atoms with Gasteiger partial charge in [-0.25, -0.2) is 4.98 Å². The van der Waals surface area contributed by atoms with Crippen LogP contribution in [0.25, 0.3) is 0 Å². The molecule has 2 aromatic rings. The van der Waals surface area contributed by atoms with Crippen molar-refractivity contribution < 1.29 is 9.84 Å². The van der Waals surface area contributed by atoms with Gasteiger partial charge in [0.2, 0.25) is 5.88 Å². The summed E-state index contributed by atoms with van der Waals surface area (Å²) >= 11 is 9.33. The van der Waals surface area contributed by atoms with Crippen LogP contribution in [0.15, 0.2) is 41.0 Å². The van der Waals surface area contributed by atoms with Crippen LogP contribution >= 0.6 is 27.5 Å². The number of rotatable bonds is 4. The second-order valence-electron chi connectivity index (χ2n) is 3.66. The van der Waals surface area contributed by atoms with Gasteiger partial charge >= 0.3 is 0 Å². The van der Waals surface area contributed by atoms with Crippen LogP contribution in [-0.2, 0) is 13.2 Å². The summed E-state index contributed by atoms with van der Waals surface area (Å²) in [6.07, 6.45) is 1.63. The van der Waals surface area contributed by atoms with Crippen molar-refractivity contribution in [3.8, 4) is 5.88 Å². The van der Waals surface area contributed by atoms with Crippen LogP contribution in [0.2, 0.25) is 5.02 Å². The predicted octanol–water partition coefficient (Wildman–Crippen LogP) is 3.57. The van der Waals surface area contributed by atoms with E-state index in [0.717, 1.165) is 10.0 Å². The first-order valence-corrected chi connectivity index (χ1v) is 6.49. The lowest BCUT2D eigenvalue weighted by Crippen LogP contribution is -2.01. The number of ether oxygens (including phenoxy) is 1. The minimum absolute atomic E-state index is 0.121. The van der Waals surface area contributed by atoms with Gasteiger partial charge in [0.15, 0.2) is 0 Å². The average Bonchev–Trinajstić information content (AvgIpc) is 2.39. The first-order chi connectivity index (χ1) is 8.70. The summed E-state index contributed by atoms with van der Waals surface area (Å²) in [6.45, 7) is 0.200. The lowest BCUT2D eigenvalue weighted by atomic mass is 10.2. The molecule has 0 aliphatic rings. The number of hydrogen-bond donors (Lipinski definition) is 1. The molecule has 1 heterocycles. The summed E-state index contributed by atoms with van der Waals surface area (Å²) < 4.78 is 6.38. The molecule has 0 amide bonds. The van der Waals surface area contributed by atoms with Gasteiger partial charge < -0.3 is 9.84 Å². The Kier molecular flexibility index (Phi) is 4.58. The van der Waals surface area contributed by atoms with E-state index in [1.807, 2.05) is 24.3 Å². The normalized spacial score (nSPS) is 10.4. The maximum atomic E-state index is 9.23. The molecule has 1 aromatic heterocycles. The van der Waals surface area contributed by atoms with Gasteiger partial charge in [-0.15, -0.1) is 0 Å². The number of benzene rings is 1. The quantitative estimate of drug-likeness (QED) is 0.933. The summed E-state index contributed by atoms with van der Waals surface area (Å²) in [5.41, 5.74) is 1.52. The molecule has 3 nitrogen and oxygen atoms in total. The molecule has 0 atom stereocenters. The summed E-state index contributed by atoms with van der Waals surface area (Å²) in [5, 5.41) is 9.88. The smallest absolute Gasteiger partial charge is 0.219 e. The van der Waals surface area contributed by atoms with E-state index < -0.39 is 0 Å². The number of halogens is 2. The average molecular weight is 329 g/mol. The van der Waals surface area contributed by atoms with Gasteiger partial charge in [0.1, 0.15) is 6.61 Å². The van der Waals surface area contributed by atoms with Gasteiger partial charge in [0, 0.05) is 26.8 Å². The van der Waals surface area contributed by atoms with Crippen molar-refractivity contribution in [2.24, 2.45) is 0 Å². The Balaban J connectivity index is 2.13. The highest BCUT2D eigenvalue weighted by Crippen LogP contribution is 2.22. The molecule has 0 aliphatic carbocycles. The Morgan fingerprint density at radius 1 is 1.28 bits per heavy atom. The fourth-order valence-corrected chi connectivity index (χ4v) is 2.04. The van der Waals surface area contributed by atoms with Gasteiger partial charge in [-0.1, -0.05) is 29.8 Å². The molecule has 0 spiro atoms. The molecule has 0 saturated heterocycles. The van der Waals surface area contributed by atoms with Gasteiger partial charge in [-0.3, -0.25) is 0 Å². The third-order valence-corrected chi connectivity index (χ3v) is 3.19. The summed E-state index contributed by atoms with van der Waals surface area (Å²) in [7, 11) is 0. The molecule has 0 saturated carbocycles. The van der Waals surface area contributed by atoms with Gasteiger partial charge in [0.05, 0.1) is 6.61 Å². The fraction of sp³-hybridized carbons (Fsp3) is 0.154. The molecule has 0 radical (unpaired) electrons. The second kappa shape index (κ2) is 6.18. The molecule has 18 heavy (non-hydrogen) atoms. The van der Waals surface area contributed by atoms with E-state index in [-0.39, 0.29) is 6.61 Å². The zero-order valence-corrected chi connectivity index (χ0v) is 11.8. The van der Waals surface area contributed by atoms with Crippen LogP contribution in [-0.4, -0.2) is 10.1 Å². The summed E-state index contributed by atoms with van der Waals surface area (Å²) in [5.74, 6) is 0.417. The maximum absolute atomic E-state index is 9.23. The SMILES string of the molecule is OCc1cc(Br)cnc1OCc1ccccc1Cl. The monoisotopic (exact) mass is 327 g/mol. The van der Waals surface area contributed by atoms with Crippen molar-refractivity contribution in [1.82, 2.24) is 4.98 Å². The third kappa shape index (κ3) is 3.22. The Hall–Kier alpha value is -1.10. The highest BCUT2D eigenvalue weighted by Gasteiger charge is 2.07. The molecule has 0 bridgehead atoms. The van der Waals surface area contributed by atoms with E-state index in [1.165, 1.54) is 0 Å². The zero-order valence-electron chi connectivity index (χ0n) is 9.44. The standard InChI is InChI=1S/C13H11BrClNO2/c14-11-5-10(7-17)13(16-6-11)18-8-9-3-1-2-4-12(9)15/h1-6,17H,7-8H2. The Morgan fingerprint density at radius 2 is 2.06 bits per heavy atom. The van der Waals surface area contributed by atoms with Crippen LogP contribution < -0.4 is 4.74 Å². The van der Waals surface area contributed by atoms with Crippen molar-refractivity contribution in [3.63, 3.8) is 0 Å². The van der Waals surface area contributed by atoms with Crippen LogP contribution in [0.4, 0.5) is 0 Å². The molecule has 0 unspecified atom stereocenters. The minimum atomic E-state index is -0.121. The number of nitrogens with zero attached hydrogens (tertiary/aromatic N) is 1. The first kappa shape index (κ1) is 13.3.